The lowest BCUT2D eigenvalue weighted by Crippen LogP contribution is -2.46. The Morgan fingerprint density at radius 1 is 1.25 bits per heavy atom. The molecule has 2 atom stereocenters. The molecule has 168 valence electrons. The van der Waals surface area contributed by atoms with Gasteiger partial charge in [-0.2, -0.15) is 0 Å². The summed E-state index contributed by atoms with van der Waals surface area (Å²) in [5.74, 6) is -0.0985. The molecular weight excluding hydrogens is 428 g/mol. The molecule has 2 unspecified atom stereocenters. The number of thiazole rings is 1. The van der Waals surface area contributed by atoms with E-state index >= 15 is 0 Å². The van der Waals surface area contributed by atoms with Gasteiger partial charge in [0.2, 0.25) is 11.8 Å². The van der Waals surface area contributed by atoms with Crippen LogP contribution in [0.3, 0.4) is 0 Å². The number of amides is 2. The summed E-state index contributed by atoms with van der Waals surface area (Å²) in [6, 6.07) is 8.99. The molecular formula is C23H26N4O4S. The minimum atomic E-state index is -0.725. The van der Waals surface area contributed by atoms with Gasteiger partial charge in [0.05, 0.1) is 33.8 Å². The zero-order chi connectivity index (χ0) is 22.8. The van der Waals surface area contributed by atoms with Gasteiger partial charge >= 0.3 is 0 Å². The number of carbonyl (C=O) groups is 2. The fraction of sp³-hybridized carbons (Fsp3) is 0.391. The fourth-order valence-electron chi connectivity index (χ4n) is 3.97. The monoisotopic (exact) mass is 454 g/mol. The molecule has 2 N–H and O–H groups in total. The van der Waals surface area contributed by atoms with Gasteiger partial charge in [0.25, 0.3) is 0 Å². The number of likely N-dealkylation sites (tertiary alicyclic amines) is 1. The summed E-state index contributed by atoms with van der Waals surface area (Å²) in [4.78, 5) is 32.6. The minimum Gasteiger partial charge on any atom is -0.391 e. The second-order valence-corrected chi connectivity index (χ2v) is 9.33. The summed E-state index contributed by atoms with van der Waals surface area (Å²) in [7, 11) is 0. The van der Waals surface area contributed by atoms with Crippen molar-refractivity contribution in [2.45, 2.75) is 52.3 Å². The first kappa shape index (κ1) is 22.2. The van der Waals surface area contributed by atoms with E-state index in [2.05, 4.69) is 15.5 Å². The highest BCUT2D eigenvalue weighted by molar-refractivity contribution is 7.15. The van der Waals surface area contributed by atoms with Crippen molar-refractivity contribution in [2.75, 3.05) is 6.54 Å². The first-order valence-corrected chi connectivity index (χ1v) is 11.3. The molecule has 1 fully saturated rings. The summed E-state index contributed by atoms with van der Waals surface area (Å²) in [5, 5.41) is 17.8. The van der Waals surface area contributed by atoms with Crippen LogP contribution in [0, 0.1) is 20.8 Å². The van der Waals surface area contributed by atoms with Crippen LogP contribution in [0.5, 0.6) is 0 Å². The molecule has 3 heterocycles. The van der Waals surface area contributed by atoms with Crippen LogP contribution in [0.1, 0.15) is 34.1 Å². The maximum Gasteiger partial charge on any atom is 0.243 e. The molecule has 9 heteroatoms. The summed E-state index contributed by atoms with van der Waals surface area (Å²) in [6.07, 6.45) is -0.498. The molecule has 0 bridgehead atoms. The van der Waals surface area contributed by atoms with Crippen LogP contribution in [0.15, 0.2) is 34.9 Å². The van der Waals surface area contributed by atoms with E-state index in [0.29, 0.717) is 18.0 Å². The van der Waals surface area contributed by atoms with E-state index in [4.69, 9.17) is 4.52 Å². The van der Waals surface area contributed by atoms with E-state index in [9.17, 15) is 14.7 Å². The molecule has 2 amide bonds. The lowest BCUT2D eigenvalue weighted by Gasteiger charge is -2.23. The van der Waals surface area contributed by atoms with E-state index in [-0.39, 0.29) is 31.2 Å². The zero-order valence-electron chi connectivity index (χ0n) is 18.3. The molecule has 3 aromatic rings. The number of aliphatic hydroxyl groups excluding tert-OH is 1. The predicted octanol–water partition coefficient (Wildman–Crippen LogP) is 2.54. The van der Waals surface area contributed by atoms with E-state index in [1.54, 1.807) is 24.3 Å². The molecule has 0 radical (unpaired) electrons. The Morgan fingerprint density at radius 2 is 2.00 bits per heavy atom. The van der Waals surface area contributed by atoms with Gasteiger partial charge in [-0.05, 0) is 31.9 Å². The quantitative estimate of drug-likeness (QED) is 0.593. The van der Waals surface area contributed by atoms with Gasteiger partial charge in [-0.25, -0.2) is 4.98 Å². The van der Waals surface area contributed by atoms with E-state index < -0.39 is 12.1 Å². The highest BCUT2D eigenvalue weighted by Crippen LogP contribution is 2.29. The summed E-state index contributed by atoms with van der Waals surface area (Å²) < 4.78 is 5.11. The van der Waals surface area contributed by atoms with Crippen molar-refractivity contribution in [1.82, 2.24) is 20.4 Å². The van der Waals surface area contributed by atoms with Crippen LogP contribution < -0.4 is 5.32 Å². The molecule has 4 rings (SSSR count). The van der Waals surface area contributed by atoms with Gasteiger partial charge in [0.1, 0.15) is 11.8 Å². The smallest absolute Gasteiger partial charge is 0.243 e. The number of aromatic nitrogens is 2. The zero-order valence-corrected chi connectivity index (χ0v) is 19.1. The third kappa shape index (κ3) is 4.89. The Balaban J connectivity index is 1.37. The average molecular weight is 455 g/mol. The van der Waals surface area contributed by atoms with Crippen molar-refractivity contribution in [2.24, 2.45) is 0 Å². The van der Waals surface area contributed by atoms with Crippen molar-refractivity contribution in [3.63, 3.8) is 0 Å². The van der Waals surface area contributed by atoms with Crippen molar-refractivity contribution >= 4 is 23.2 Å². The maximum atomic E-state index is 12.8. The number of aryl methyl sites for hydroxylation is 3. The van der Waals surface area contributed by atoms with Crippen LogP contribution in [0.4, 0.5) is 0 Å². The van der Waals surface area contributed by atoms with Crippen LogP contribution >= 0.6 is 11.3 Å². The van der Waals surface area contributed by atoms with Crippen molar-refractivity contribution < 1.29 is 19.2 Å². The first-order chi connectivity index (χ1) is 15.3. The van der Waals surface area contributed by atoms with Crippen molar-refractivity contribution in [3.05, 3.63) is 58.1 Å². The first-order valence-electron chi connectivity index (χ1n) is 10.5. The third-order valence-electron chi connectivity index (χ3n) is 5.49. The van der Waals surface area contributed by atoms with Crippen LogP contribution in [0.25, 0.3) is 10.4 Å². The molecule has 1 aliphatic heterocycles. The number of carbonyl (C=O) groups excluding carboxylic acids is 2. The number of β-amino-alcohol motifs (C(OH)–C–C–N with tert-alkyl or cyclic N) is 1. The number of nitrogens with one attached hydrogen (secondary N) is 1. The molecule has 0 aliphatic carbocycles. The number of aliphatic hydroxyl groups is 1. The minimum absolute atomic E-state index is 0.00920. The molecule has 0 spiro atoms. The number of nitrogens with zero attached hydrogens (tertiary/aromatic N) is 3. The summed E-state index contributed by atoms with van der Waals surface area (Å²) in [6.45, 7) is 6.24. The second-order valence-electron chi connectivity index (χ2n) is 8.12. The van der Waals surface area contributed by atoms with Gasteiger partial charge in [-0.1, -0.05) is 29.4 Å². The number of benzene rings is 1. The van der Waals surface area contributed by atoms with Gasteiger partial charge in [-0.15, -0.1) is 11.3 Å². The second kappa shape index (κ2) is 9.22. The highest BCUT2D eigenvalue weighted by Gasteiger charge is 2.38. The fourth-order valence-corrected chi connectivity index (χ4v) is 4.89. The van der Waals surface area contributed by atoms with Gasteiger partial charge < -0.3 is 19.8 Å². The predicted molar refractivity (Wildman–Crippen MR) is 120 cm³/mol. The lowest BCUT2D eigenvalue weighted by atomic mass is 10.1. The largest absolute Gasteiger partial charge is 0.391 e. The molecule has 0 saturated carbocycles. The standard InChI is InChI=1S/C23H26N4O4S/c1-13-8-19(31-26-13)10-21(29)27-12-18(28)9-20(27)23(30)24-11-16-4-6-17(7-5-16)22-14(2)25-15(3)32-22/h4-8,18,20,28H,9-12H2,1-3H3,(H,24,30). The summed E-state index contributed by atoms with van der Waals surface area (Å²) >= 11 is 1.66. The van der Waals surface area contributed by atoms with Crippen LogP contribution in [-0.4, -0.2) is 50.7 Å². The van der Waals surface area contributed by atoms with E-state index in [0.717, 1.165) is 26.7 Å². The van der Waals surface area contributed by atoms with Gasteiger partial charge in [0, 0.05) is 25.6 Å². The molecule has 1 aliphatic rings. The van der Waals surface area contributed by atoms with Gasteiger partial charge in [-0.3, -0.25) is 9.59 Å². The molecule has 32 heavy (non-hydrogen) atoms. The van der Waals surface area contributed by atoms with Crippen LogP contribution in [-0.2, 0) is 22.6 Å². The normalized spacial score (nSPS) is 18.2. The van der Waals surface area contributed by atoms with E-state index in [1.165, 1.54) is 4.90 Å². The molecule has 8 nitrogen and oxygen atoms in total. The third-order valence-corrected chi connectivity index (χ3v) is 6.61. The Kier molecular flexibility index (Phi) is 6.38. The Morgan fingerprint density at radius 3 is 2.62 bits per heavy atom. The molecule has 2 aromatic heterocycles. The number of rotatable bonds is 6. The molecule has 1 saturated heterocycles. The van der Waals surface area contributed by atoms with E-state index in [1.807, 2.05) is 38.1 Å². The topological polar surface area (TPSA) is 109 Å². The molecule has 1 aromatic carbocycles. The SMILES string of the molecule is Cc1cc(CC(=O)N2CC(O)CC2C(=O)NCc2ccc(-c3sc(C)nc3C)cc2)on1. The Bertz CT molecular complexity index is 1120. The Hall–Kier alpha value is -3.04. The number of hydrogen-bond donors (Lipinski definition) is 2. The van der Waals surface area contributed by atoms with Crippen molar-refractivity contribution in [3.8, 4) is 10.4 Å². The highest BCUT2D eigenvalue weighted by atomic mass is 32.1. The van der Waals surface area contributed by atoms with Crippen molar-refractivity contribution in [1.29, 1.82) is 0 Å². The maximum absolute atomic E-state index is 12.8. The lowest BCUT2D eigenvalue weighted by molar-refractivity contribution is -0.138. The Labute approximate surface area is 190 Å². The van der Waals surface area contributed by atoms with Crippen LogP contribution in [0.2, 0.25) is 0 Å². The number of hydrogen-bond acceptors (Lipinski definition) is 7. The summed E-state index contributed by atoms with van der Waals surface area (Å²) in [5.41, 5.74) is 3.75. The average Bonchev–Trinajstić information content (AvgIpc) is 3.44. The van der Waals surface area contributed by atoms with Gasteiger partial charge in [0.15, 0.2) is 0 Å².